The Morgan fingerprint density at radius 3 is 2.83 bits per heavy atom. The fourth-order valence-electron chi connectivity index (χ4n) is 1.88. The van der Waals surface area contributed by atoms with Gasteiger partial charge in [0.25, 0.3) is 0 Å². The minimum absolute atomic E-state index is 0.115. The predicted octanol–water partition coefficient (Wildman–Crippen LogP) is 3.72. The number of Topliss-reactive ketones (excluding diaryl/α,β-unsaturated/α-hetero) is 1. The molecule has 3 heteroatoms. The van der Waals surface area contributed by atoms with Gasteiger partial charge in [0, 0.05) is 18.2 Å². The summed E-state index contributed by atoms with van der Waals surface area (Å²) < 4.78 is 1.06. The van der Waals surface area contributed by atoms with Crippen LogP contribution in [0.25, 0.3) is 10.2 Å². The van der Waals surface area contributed by atoms with E-state index >= 15 is 0 Å². The summed E-state index contributed by atoms with van der Waals surface area (Å²) in [5.41, 5.74) is 2.68. The van der Waals surface area contributed by atoms with Crippen molar-refractivity contribution < 1.29 is 4.79 Å². The highest BCUT2D eigenvalue weighted by Crippen LogP contribution is 2.20. The van der Waals surface area contributed by atoms with Crippen LogP contribution in [0, 0.1) is 0 Å². The molecule has 88 valence electrons. The second-order valence-electron chi connectivity index (χ2n) is 4.11. The van der Waals surface area contributed by atoms with Crippen molar-refractivity contribution in [1.82, 2.24) is 4.98 Å². The molecule has 0 aliphatic carbocycles. The number of aromatic nitrogens is 1. The number of carbonyl (C=O) groups excluding carboxylic acids is 1. The molecule has 0 spiro atoms. The fourth-order valence-corrected chi connectivity index (χ4v) is 2.66. The summed E-state index contributed by atoms with van der Waals surface area (Å²) in [5.74, 6) is 0.115. The Kier molecular flexibility index (Phi) is 2.90. The number of thiophene rings is 1. The highest BCUT2D eigenvalue weighted by molar-refractivity contribution is 7.17. The Morgan fingerprint density at radius 1 is 1.17 bits per heavy atom. The third-order valence-electron chi connectivity index (χ3n) is 2.83. The molecule has 0 N–H and O–H groups in total. The van der Waals surface area contributed by atoms with Gasteiger partial charge in [-0.05, 0) is 23.1 Å². The number of pyridine rings is 1. The minimum Gasteiger partial charge on any atom is -0.294 e. The van der Waals surface area contributed by atoms with Crippen LogP contribution in [-0.4, -0.2) is 10.8 Å². The Hall–Kier alpha value is -2.00. The fraction of sp³-hybridized carbons (Fsp3) is 0.0667. The van der Waals surface area contributed by atoms with Gasteiger partial charge in [0.05, 0.1) is 10.2 Å². The van der Waals surface area contributed by atoms with E-state index in [1.165, 1.54) is 0 Å². The third kappa shape index (κ3) is 2.17. The molecule has 2 heterocycles. The Bertz CT molecular complexity index is 688. The van der Waals surface area contributed by atoms with Crippen molar-refractivity contribution in [3.05, 3.63) is 65.2 Å². The van der Waals surface area contributed by atoms with E-state index in [1.54, 1.807) is 17.5 Å². The molecule has 0 atom stereocenters. The van der Waals surface area contributed by atoms with E-state index in [0.29, 0.717) is 12.0 Å². The summed E-state index contributed by atoms with van der Waals surface area (Å²) in [6, 6.07) is 13.7. The Balaban J connectivity index is 1.87. The van der Waals surface area contributed by atoms with Gasteiger partial charge < -0.3 is 0 Å². The lowest BCUT2D eigenvalue weighted by Crippen LogP contribution is -2.03. The van der Waals surface area contributed by atoms with Crippen molar-refractivity contribution in [1.29, 1.82) is 0 Å². The molecule has 3 rings (SSSR count). The van der Waals surface area contributed by atoms with Gasteiger partial charge in [-0.15, -0.1) is 11.3 Å². The molecule has 3 aromatic rings. The van der Waals surface area contributed by atoms with E-state index in [4.69, 9.17) is 0 Å². The first kappa shape index (κ1) is 11.1. The summed E-state index contributed by atoms with van der Waals surface area (Å²) in [4.78, 5) is 16.4. The molecular weight excluding hydrogens is 242 g/mol. The molecule has 0 bridgehead atoms. The molecule has 0 aliphatic heterocycles. The van der Waals surface area contributed by atoms with Gasteiger partial charge in [-0.1, -0.05) is 30.3 Å². The maximum atomic E-state index is 12.1. The van der Waals surface area contributed by atoms with Crippen molar-refractivity contribution in [3.8, 4) is 0 Å². The van der Waals surface area contributed by atoms with Gasteiger partial charge in [0.15, 0.2) is 5.78 Å². The number of carbonyl (C=O) groups is 1. The lowest BCUT2D eigenvalue weighted by molar-refractivity contribution is 0.0993. The van der Waals surface area contributed by atoms with Crippen molar-refractivity contribution in [2.45, 2.75) is 6.42 Å². The van der Waals surface area contributed by atoms with Gasteiger partial charge in [-0.2, -0.15) is 0 Å². The zero-order chi connectivity index (χ0) is 12.4. The monoisotopic (exact) mass is 253 g/mol. The van der Waals surface area contributed by atoms with Crippen LogP contribution in [-0.2, 0) is 6.42 Å². The maximum absolute atomic E-state index is 12.1. The highest BCUT2D eigenvalue weighted by atomic mass is 32.1. The summed E-state index contributed by atoms with van der Waals surface area (Å²) in [6.07, 6.45) is 2.10. The number of hydrogen-bond donors (Lipinski definition) is 0. The first-order chi connectivity index (χ1) is 8.83. The second-order valence-corrected chi connectivity index (χ2v) is 5.06. The van der Waals surface area contributed by atoms with Gasteiger partial charge in [-0.25, -0.2) is 0 Å². The average molecular weight is 253 g/mol. The van der Waals surface area contributed by atoms with Gasteiger partial charge >= 0.3 is 0 Å². The largest absolute Gasteiger partial charge is 0.294 e. The van der Waals surface area contributed by atoms with Crippen LogP contribution in [0.15, 0.2) is 54.0 Å². The van der Waals surface area contributed by atoms with Crippen LogP contribution in [0.2, 0.25) is 0 Å². The molecule has 0 radical (unpaired) electrons. The zero-order valence-electron chi connectivity index (χ0n) is 9.67. The summed E-state index contributed by atoms with van der Waals surface area (Å²) >= 11 is 1.61. The number of hydrogen-bond acceptors (Lipinski definition) is 3. The van der Waals surface area contributed by atoms with E-state index in [0.717, 1.165) is 15.8 Å². The van der Waals surface area contributed by atoms with Crippen LogP contribution in [0.4, 0.5) is 0 Å². The number of benzene rings is 1. The normalized spacial score (nSPS) is 10.7. The van der Waals surface area contributed by atoms with Crippen LogP contribution >= 0.6 is 11.3 Å². The minimum atomic E-state index is 0.115. The number of nitrogens with zero attached hydrogens (tertiary/aromatic N) is 1. The molecule has 2 aromatic heterocycles. The van der Waals surface area contributed by atoms with E-state index in [1.807, 2.05) is 47.8 Å². The molecule has 18 heavy (non-hydrogen) atoms. The van der Waals surface area contributed by atoms with E-state index in [-0.39, 0.29) is 5.78 Å². The summed E-state index contributed by atoms with van der Waals surface area (Å²) in [7, 11) is 0. The first-order valence-corrected chi connectivity index (χ1v) is 6.61. The molecule has 0 saturated carbocycles. The average Bonchev–Trinajstić information content (AvgIpc) is 2.87. The lowest BCUT2D eigenvalue weighted by atomic mass is 10.0. The Morgan fingerprint density at radius 2 is 2.00 bits per heavy atom. The van der Waals surface area contributed by atoms with Crippen LogP contribution in [0.3, 0.4) is 0 Å². The van der Waals surface area contributed by atoms with Crippen molar-refractivity contribution in [3.63, 3.8) is 0 Å². The van der Waals surface area contributed by atoms with Gasteiger partial charge in [0.1, 0.15) is 0 Å². The molecule has 2 nitrogen and oxygen atoms in total. The first-order valence-electron chi connectivity index (χ1n) is 5.73. The van der Waals surface area contributed by atoms with E-state index < -0.39 is 0 Å². The van der Waals surface area contributed by atoms with Crippen molar-refractivity contribution in [2.24, 2.45) is 0 Å². The molecule has 0 saturated heterocycles. The van der Waals surface area contributed by atoms with Crippen molar-refractivity contribution in [2.75, 3.05) is 0 Å². The standard InChI is InChI=1S/C15H11NOS/c17-14(8-11-4-2-1-3-5-11)12-9-15-13(16-10-12)6-7-18-15/h1-7,9-10H,8H2. The molecule has 0 unspecified atom stereocenters. The number of ketones is 1. The molecule has 0 aliphatic rings. The zero-order valence-corrected chi connectivity index (χ0v) is 10.5. The summed E-state index contributed by atoms with van der Waals surface area (Å²) in [6.45, 7) is 0. The highest BCUT2D eigenvalue weighted by Gasteiger charge is 2.08. The summed E-state index contributed by atoms with van der Waals surface area (Å²) in [5, 5.41) is 1.99. The molecular formula is C15H11NOS. The topological polar surface area (TPSA) is 30.0 Å². The molecule has 0 fully saturated rings. The van der Waals surface area contributed by atoms with E-state index in [9.17, 15) is 4.79 Å². The van der Waals surface area contributed by atoms with Gasteiger partial charge in [-0.3, -0.25) is 9.78 Å². The SMILES string of the molecule is O=C(Cc1ccccc1)c1cnc2ccsc2c1. The molecule has 1 aromatic carbocycles. The Labute approximate surface area is 109 Å². The maximum Gasteiger partial charge on any atom is 0.168 e. The number of rotatable bonds is 3. The predicted molar refractivity (Wildman–Crippen MR) is 74.1 cm³/mol. The van der Waals surface area contributed by atoms with E-state index in [2.05, 4.69) is 4.98 Å². The number of fused-ring (bicyclic) bond motifs is 1. The van der Waals surface area contributed by atoms with Crippen LogP contribution < -0.4 is 0 Å². The smallest absolute Gasteiger partial charge is 0.168 e. The van der Waals surface area contributed by atoms with Crippen LogP contribution in [0.1, 0.15) is 15.9 Å². The molecule has 0 amide bonds. The van der Waals surface area contributed by atoms with Gasteiger partial charge in [0.2, 0.25) is 0 Å². The van der Waals surface area contributed by atoms with Crippen LogP contribution in [0.5, 0.6) is 0 Å². The van der Waals surface area contributed by atoms with Crippen molar-refractivity contribution >= 4 is 27.3 Å². The second kappa shape index (κ2) is 4.70. The lowest BCUT2D eigenvalue weighted by Gasteiger charge is -2.01. The third-order valence-corrected chi connectivity index (χ3v) is 3.69. The quantitative estimate of drug-likeness (QED) is 0.666.